The van der Waals surface area contributed by atoms with Gasteiger partial charge in [-0.1, -0.05) is 98.7 Å². The summed E-state index contributed by atoms with van der Waals surface area (Å²) in [4.78, 5) is 9.68. The Morgan fingerprint density at radius 2 is 0.775 bits per heavy atom. The Labute approximate surface area is 247 Å². The van der Waals surface area contributed by atoms with Gasteiger partial charge in [-0.05, 0) is 65.7 Å². The fraction of sp³-hybridized carbons (Fsp3) is 0.433. The normalized spacial score (nSPS) is 13.8. The van der Waals surface area contributed by atoms with Gasteiger partial charge in [0.2, 0.25) is 0 Å². The first kappa shape index (κ1) is 40.4. The second-order valence-electron chi connectivity index (χ2n) is 10.7. The molecule has 0 fully saturated rings. The Morgan fingerprint density at radius 1 is 0.600 bits per heavy atom. The summed E-state index contributed by atoms with van der Waals surface area (Å²) in [6.07, 6.45) is 3.71. The van der Waals surface area contributed by atoms with Gasteiger partial charge in [0.15, 0.2) is 0 Å². The molecule has 2 nitrogen and oxygen atoms in total. The van der Waals surface area contributed by atoms with Crippen LogP contribution in [0, 0.1) is 19.8 Å². The topological polar surface area (TPSA) is 24.7 Å². The number of hydrogen-bond donors (Lipinski definition) is 0. The molecule has 0 amide bonds. The number of aliphatic imine (C=N–C) groups is 2. The van der Waals surface area contributed by atoms with Crippen molar-refractivity contribution in [1.82, 2.24) is 0 Å². The van der Waals surface area contributed by atoms with Crippen LogP contribution in [0.3, 0.4) is 0 Å². The SMILES string of the molecule is CC(C)c1cccc(C(C)C)c1N=CC=Nc1c(C(C)C)cccc1C(C)C.F[P-](F)(F)(F)(F)F.[CH2][C]([CH2])C.[Ni+2]. The zero-order valence-corrected chi connectivity index (χ0v) is 26.7. The Bertz CT molecular complexity index is 970. The molecule has 40 heavy (non-hydrogen) atoms. The molecule has 0 N–H and O–H groups in total. The van der Waals surface area contributed by atoms with E-state index in [0.29, 0.717) is 23.7 Å². The smallest absolute Gasteiger partial charge is 0.0591 e. The molecule has 0 spiro atoms. The maximum absolute atomic E-state index is 10.7. The summed E-state index contributed by atoms with van der Waals surface area (Å²) in [7, 11) is -10.7. The summed E-state index contributed by atoms with van der Waals surface area (Å²) in [6.45, 7) is 26.5. The molecule has 2 rings (SSSR count). The fourth-order valence-electron chi connectivity index (χ4n) is 3.54. The Morgan fingerprint density at radius 3 is 0.925 bits per heavy atom. The van der Waals surface area contributed by atoms with Crippen LogP contribution in [0.2, 0.25) is 0 Å². The first-order valence-electron chi connectivity index (χ1n) is 12.8. The third kappa shape index (κ3) is 18.6. The number of para-hydroxylation sites is 2. The van der Waals surface area contributed by atoms with Crippen molar-refractivity contribution in [3.63, 3.8) is 0 Å². The summed E-state index contributed by atoms with van der Waals surface area (Å²) in [6, 6.07) is 13.0. The van der Waals surface area contributed by atoms with Gasteiger partial charge >= 0.3 is 49.5 Å². The molecule has 0 aliphatic carbocycles. The van der Waals surface area contributed by atoms with Gasteiger partial charge in [-0.25, -0.2) is 0 Å². The average molecular weight is 635 g/mol. The third-order valence-electron chi connectivity index (χ3n) is 5.16. The minimum atomic E-state index is -10.7. The standard InChI is InChI=1S/C26H36N2.C4H7.F6P.Ni/c1-17(2)21-11-9-12-22(18(3)4)25(21)27-15-16-28-26-23(19(5)6)13-10-14-24(26)20(7)8;1-4(2)3;1-7(2,3,4,5)6;/h9-20H,1-8H3;1-2H2,3H3;;/q;;-1;+2. The summed E-state index contributed by atoms with van der Waals surface area (Å²) >= 11 is 0. The number of nitrogens with zero attached hydrogens (tertiary/aromatic N) is 2. The maximum atomic E-state index is 9.87. The summed E-state index contributed by atoms with van der Waals surface area (Å²) in [5.74, 6) is 2.68. The minimum absolute atomic E-state index is 0. The molecule has 229 valence electrons. The maximum Gasteiger partial charge on any atom is 2.00 e. The Kier molecular flexibility index (Phi) is 15.7. The molecule has 10 heteroatoms. The van der Waals surface area contributed by atoms with Crippen molar-refractivity contribution in [3.05, 3.63) is 78.4 Å². The molecule has 2 aromatic carbocycles. The average Bonchev–Trinajstić information content (AvgIpc) is 2.73. The van der Waals surface area contributed by atoms with Crippen LogP contribution >= 0.6 is 7.81 Å². The number of hydrogen-bond acceptors (Lipinski definition) is 2. The van der Waals surface area contributed by atoms with E-state index in [4.69, 9.17) is 9.98 Å². The largest absolute Gasteiger partial charge is 2.00 e. The Hall–Kier alpha value is -1.72. The van der Waals surface area contributed by atoms with Crippen molar-refractivity contribution >= 4 is 31.6 Å². The van der Waals surface area contributed by atoms with Crippen molar-refractivity contribution in [3.8, 4) is 0 Å². The van der Waals surface area contributed by atoms with Crippen LogP contribution in [0.25, 0.3) is 0 Å². The van der Waals surface area contributed by atoms with E-state index >= 15 is 0 Å². The van der Waals surface area contributed by atoms with Crippen molar-refractivity contribution in [2.75, 3.05) is 0 Å². The zero-order valence-electron chi connectivity index (χ0n) is 24.8. The van der Waals surface area contributed by atoms with Gasteiger partial charge in [-0.3, -0.25) is 9.98 Å². The fourth-order valence-corrected chi connectivity index (χ4v) is 3.54. The monoisotopic (exact) mass is 634 g/mol. The molecule has 2 aromatic rings. The van der Waals surface area contributed by atoms with Crippen LogP contribution in [0.5, 0.6) is 0 Å². The van der Waals surface area contributed by atoms with Gasteiger partial charge in [0.1, 0.15) is 0 Å². The number of benzene rings is 2. The van der Waals surface area contributed by atoms with E-state index in [1.54, 1.807) is 0 Å². The van der Waals surface area contributed by atoms with Gasteiger partial charge < -0.3 is 0 Å². The van der Waals surface area contributed by atoms with E-state index in [-0.39, 0.29) is 16.5 Å². The van der Waals surface area contributed by atoms with E-state index in [1.807, 2.05) is 19.4 Å². The molecule has 0 saturated carbocycles. The van der Waals surface area contributed by atoms with Gasteiger partial charge in [-0.2, -0.15) is 0 Å². The van der Waals surface area contributed by atoms with Crippen molar-refractivity contribution in [2.45, 2.75) is 86.0 Å². The van der Waals surface area contributed by atoms with Crippen molar-refractivity contribution in [2.24, 2.45) is 9.98 Å². The van der Waals surface area contributed by atoms with Crippen LogP contribution < -0.4 is 0 Å². The molecule has 0 atom stereocenters. The first-order chi connectivity index (χ1) is 17.4. The van der Waals surface area contributed by atoms with Crippen LogP contribution in [0.15, 0.2) is 46.4 Å². The van der Waals surface area contributed by atoms with Crippen molar-refractivity contribution < 1.29 is 41.7 Å². The quantitative estimate of drug-likeness (QED) is 0.125. The number of halogens is 6. The molecule has 0 saturated heterocycles. The summed E-state index contributed by atoms with van der Waals surface area (Å²) in [5.41, 5.74) is 7.37. The molecule has 0 aliphatic heterocycles. The van der Waals surface area contributed by atoms with Crippen LogP contribution in [0.1, 0.15) is 108 Å². The summed E-state index contributed by atoms with van der Waals surface area (Å²) < 4.78 is 59.2. The van der Waals surface area contributed by atoms with Crippen LogP contribution in [-0.4, -0.2) is 12.4 Å². The molecular weight excluding hydrogens is 592 g/mol. The van der Waals surface area contributed by atoms with Crippen LogP contribution in [-0.2, 0) is 16.5 Å². The molecule has 0 bridgehead atoms. The van der Waals surface area contributed by atoms with E-state index in [0.717, 1.165) is 17.3 Å². The second-order valence-corrected chi connectivity index (χ2v) is 12.6. The summed E-state index contributed by atoms with van der Waals surface area (Å²) in [5, 5.41) is 0. The zero-order chi connectivity index (χ0) is 30.8. The van der Waals surface area contributed by atoms with E-state index in [1.165, 1.54) is 22.3 Å². The third-order valence-corrected chi connectivity index (χ3v) is 5.16. The van der Waals surface area contributed by atoms with E-state index < -0.39 is 7.81 Å². The van der Waals surface area contributed by atoms with Crippen molar-refractivity contribution in [1.29, 1.82) is 0 Å². The van der Waals surface area contributed by atoms with E-state index in [9.17, 15) is 25.2 Å². The minimum Gasteiger partial charge on any atom is -0.0591 e. The predicted octanol–water partition coefficient (Wildman–Crippen LogP) is 12.9. The van der Waals surface area contributed by atoms with Gasteiger partial charge in [0, 0.05) is 12.4 Å². The predicted molar refractivity (Wildman–Crippen MR) is 159 cm³/mol. The molecule has 0 aliphatic rings. The Balaban J connectivity index is 0. The molecular formula is C30H43F6N2NiP+. The van der Waals surface area contributed by atoms with Gasteiger partial charge in [0.05, 0.1) is 11.4 Å². The molecule has 0 unspecified atom stereocenters. The molecule has 0 heterocycles. The van der Waals surface area contributed by atoms with E-state index in [2.05, 4.69) is 106 Å². The molecule has 0 aromatic heterocycles. The second kappa shape index (κ2) is 15.5. The molecule has 3 radical (unpaired) electrons. The first-order valence-corrected chi connectivity index (χ1v) is 14.8. The van der Waals surface area contributed by atoms with Crippen LogP contribution in [0.4, 0.5) is 36.6 Å². The van der Waals surface area contributed by atoms with Gasteiger partial charge in [0.25, 0.3) is 0 Å². The van der Waals surface area contributed by atoms with Gasteiger partial charge in [-0.15, -0.1) is 0 Å². The number of rotatable bonds is 7.